The van der Waals surface area contributed by atoms with Gasteiger partial charge in [0.25, 0.3) is 0 Å². The lowest BCUT2D eigenvalue weighted by Crippen LogP contribution is -2.54. The molecule has 2 rings (SSSR count). The van der Waals surface area contributed by atoms with Crippen molar-refractivity contribution in [3.05, 3.63) is 0 Å². The van der Waals surface area contributed by atoms with Gasteiger partial charge in [0.15, 0.2) is 0 Å². The average molecular weight is 182 g/mol. The molecule has 1 heterocycles. The molecule has 2 nitrogen and oxygen atoms in total. The summed E-state index contributed by atoms with van der Waals surface area (Å²) >= 11 is 0. The molecule has 1 saturated heterocycles. The van der Waals surface area contributed by atoms with Crippen LogP contribution in [0.3, 0.4) is 0 Å². The van der Waals surface area contributed by atoms with Gasteiger partial charge in [-0.15, -0.1) is 0 Å². The van der Waals surface area contributed by atoms with E-state index >= 15 is 0 Å². The maximum Gasteiger partial charge on any atom is 0.0167 e. The van der Waals surface area contributed by atoms with E-state index in [1.54, 1.807) is 0 Å². The van der Waals surface area contributed by atoms with Crippen LogP contribution in [0.1, 0.15) is 33.1 Å². The van der Waals surface area contributed by atoms with E-state index in [4.69, 9.17) is 0 Å². The first-order valence-corrected chi connectivity index (χ1v) is 5.75. The van der Waals surface area contributed by atoms with E-state index < -0.39 is 0 Å². The summed E-state index contributed by atoms with van der Waals surface area (Å²) in [5.74, 6) is 1.00. The van der Waals surface area contributed by atoms with Gasteiger partial charge in [-0.1, -0.05) is 6.42 Å². The number of nitrogens with zero attached hydrogens (tertiary/aromatic N) is 1. The summed E-state index contributed by atoms with van der Waals surface area (Å²) in [6.07, 6.45) is 4.41. The molecule has 13 heavy (non-hydrogen) atoms. The fourth-order valence-electron chi connectivity index (χ4n) is 2.55. The van der Waals surface area contributed by atoms with E-state index in [1.165, 1.54) is 38.9 Å². The summed E-state index contributed by atoms with van der Waals surface area (Å²) in [5.41, 5.74) is 0. The van der Waals surface area contributed by atoms with E-state index in [0.717, 1.165) is 12.0 Å². The van der Waals surface area contributed by atoms with Gasteiger partial charge in [0.05, 0.1) is 0 Å². The second-order valence-electron chi connectivity index (χ2n) is 4.78. The lowest BCUT2D eigenvalue weighted by molar-refractivity contribution is 0.0828. The van der Waals surface area contributed by atoms with Gasteiger partial charge in [0.1, 0.15) is 0 Å². The zero-order valence-electron chi connectivity index (χ0n) is 8.92. The summed E-state index contributed by atoms with van der Waals surface area (Å²) in [4.78, 5) is 2.67. The molecule has 76 valence electrons. The molecule has 0 radical (unpaired) electrons. The Hall–Kier alpha value is -0.0800. The van der Waals surface area contributed by atoms with Crippen LogP contribution in [0, 0.1) is 5.92 Å². The SMILES string of the molecule is CC1CN(C(C)C2CCC2)CCN1. The minimum absolute atomic E-state index is 0.691. The summed E-state index contributed by atoms with van der Waals surface area (Å²) in [5, 5.41) is 3.50. The quantitative estimate of drug-likeness (QED) is 0.695. The van der Waals surface area contributed by atoms with Crippen molar-refractivity contribution in [2.24, 2.45) is 5.92 Å². The minimum Gasteiger partial charge on any atom is -0.312 e. The van der Waals surface area contributed by atoms with Crippen LogP contribution in [-0.2, 0) is 0 Å². The predicted molar refractivity (Wildman–Crippen MR) is 55.8 cm³/mol. The number of hydrogen-bond donors (Lipinski definition) is 1. The molecule has 0 aromatic carbocycles. The van der Waals surface area contributed by atoms with Crippen LogP contribution >= 0.6 is 0 Å². The lowest BCUT2D eigenvalue weighted by Gasteiger charge is -2.42. The first kappa shape index (κ1) is 9.47. The van der Waals surface area contributed by atoms with Gasteiger partial charge in [-0.3, -0.25) is 4.90 Å². The molecule has 0 amide bonds. The van der Waals surface area contributed by atoms with E-state index in [2.05, 4.69) is 24.1 Å². The molecule has 0 aromatic rings. The monoisotopic (exact) mass is 182 g/mol. The summed E-state index contributed by atoms with van der Waals surface area (Å²) < 4.78 is 0. The highest BCUT2D eigenvalue weighted by Crippen LogP contribution is 2.32. The number of rotatable bonds is 2. The molecule has 2 heteroatoms. The second-order valence-corrected chi connectivity index (χ2v) is 4.78. The molecule has 0 bridgehead atoms. The van der Waals surface area contributed by atoms with Gasteiger partial charge < -0.3 is 5.32 Å². The Morgan fingerprint density at radius 3 is 2.69 bits per heavy atom. The van der Waals surface area contributed by atoms with Gasteiger partial charge in [0, 0.05) is 31.7 Å². The maximum absolute atomic E-state index is 3.50. The van der Waals surface area contributed by atoms with Crippen LogP contribution < -0.4 is 5.32 Å². The van der Waals surface area contributed by atoms with Gasteiger partial charge in [-0.05, 0) is 32.6 Å². The van der Waals surface area contributed by atoms with Crippen LogP contribution in [0.2, 0.25) is 0 Å². The van der Waals surface area contributed by atoms with Gasteiger partial charge in [-0.2, -0.15) is 0 Å². The summed E-state index contributed by atoms with van der Waals surface area (Å²) in [7, 11) is 0. The van der Waals surface area contributed by atoms with E-state index in [1.807, 2.05) is 0 Å². The van der Waals surface area contributed by atoms with Crippen molar-refractivity contribution in [1.29, 1.82) is 0 Å². The molecule has 2 unspecified atom stereocenters. The number of nitrogens with one attached hydrogen (secondary N) is 1. The topological polar surface area (TPSA) is 15.3 Å². The second kappa shape index (κ2) is 3.97. The van der Waals surface area contributed by atoms with Crippen molar-refractivity contribution in [2.45, 2.75) is 45.2 Å². The first-order valence-electron chi connectivity index (χ1n) is 5.75. The molecule has 2 atom stereocenters. The standard InChI is InChI=1S/C11H22N2/c1-9-8-13(7-6-12-9)10(2)11-4-3-5-11/h9-12H,3-8H2,1-2H3. The fraction of sp³-hybridized carbons (Fsp3) is 1.00. The highest BCUT2D eigenvalue weighted by Gasteiger charge is 2.29. The van der Waals surface area contributed by atoms with Crippen molar-refractivity contribution >= 4 is 0 Å². The zero-order chi connectivity index (χ0) is 9.26. The number of piperazine rings is 1. The van der Waals surface area contributed by atoms with Gasteiger partial charge >= 0.3 is 0 Å². The fourth-order valence-corrected chi connectivity index (χ4v) is 2.55. The van der Waals surface area contributed by atoms with E-state index in [-0.39, 0.29) is 0 Å². The first-order chi connectivity index (χ1) is 6.27. The molecule has 1 N–H and O–H groups in total. The Morgan fingerprint density at radius 2 is 2.15 bits per heavy atom. The van der Waals surface area contributed by atoms with E-state index in [0.29, 0.717) is 6.04 Å². The summed E-state index contributed by atoms with van der Waals surface area (Å²) in [6.45, 7) is 8.39. The third-order valence-corrected chi connectivity index (χ3v) is 3.81. The average Bonchev–Trinajstić information content (AvgIpc) is 2.01. The Morgan fingerprint density at radius 1 is 1.38 bits per heavy atom. The molecule has 1 saturated carbocycles. The molecule has 0 spiro atoms. The molecule has 1 aliphatic carbocycles. The molecule has 2 aliphatic rings. The molecule has 1 aliphatic heterocycles. The van der Waals surface area contributed by atoms with Crippen LogP contribution in [-0.4, -0.2) is 36.6 Å². The normalized spacial score (nSPS) is 34.2. The third kappa shape index (κ3) is 2.05. The van der Waals surface area contributed by atoms with Gasteiger partial charge in [0.2, 0.25) is 0 Å². The largest absolute Gasteiger partial charge is 0.312 e. The highest BCUT2D eigenvalue weighted by atomic mass is 15.2. The van der Waals surface area contributed by atoms with Crippen molar-refractivity contribution in [2.75, 3.05) is 19.6 Å². The third-order valence-electron chi connectivity index (χ3n) is 3.81. The molecule has 2 fully saturated rings. The van der Waals surface area contributed by atoms with E-state index in [9.17, 15) is 0 Å². The predicted octanol–water partition coefficient (Wildman–Crippen LogP) is 1.47. The molecule has 0 aromatic heterocycles. The van der Waals surface area contributed by atoms with Gasteiger partial charge in [-0.25, -0.2) is 0 Å². The summed E-state index contributed by atoms with van der Waals surface area (Å²) in [6, 6.07) is 1.52. The maximum atomic E-state index is 3.50. The molecular formula is C11H22N2. The highest BCUT2D eigenvalue weighted by molar-refractivity contribution is 4.85. The van der Waals surface area contributed by atoms with Crippen LogP contribution in [0.4, 0.5) is 0 Å². The van der Waals surface area contributed by atoms with Crippen molar-refractivity contribution in [3.63, 3.8) is 0 Å². The van der Waals surface area contributed by atoms with Crippen LogP contribution in [0.15, 0.2) is 0 Å². The smallest absolute Gasteiger partial charge is 0.0167 e. The lowest BCUT2D eigenvalue weighted by atomic mass is 9.79. The van der Waals surface area contributed by atoms with Crippen molar-refractivity contribution in [3.8, 4) is 0 Å². The zero-order valence-corrected chi connectivity index (χ0v) is 8.92. The van der Waals surface area contributed by atoms with Crippen LogP contribution in [0.5, 0.6) is 0 Å². The Bertz CT molecular complexity index is 165. The van der Waals surface area contributed by atoms with Crippen molar-refractivity contribution in [1.82, 2.24) is 10.2 Å². The Labute approximate surface area is 81.7 Å². The Kier molecular flexibility index (Phi) is 2.89. The number of hydrogen-bond acceptors (Lipinski definition) is 2. The van der Waals surface area contributed by atoms with Crippen LogP contribution in [0.25, 0.3) is 0 Å². The Balaban J connectivity index is 1.83. The minimum atomic E-state index is 0.691. The molecular weight excluding hydrogens is 160 g/mol. The van der Waals surface area contributed by atoms with Crippen molar-refractivity contribution < 1.29 is 0 Å².